The number of benzene rings is 1. The molecule has 0 spiro atoms. The van der Waals surface area contributed by atoms with Gasteiger partial charge in [-0.25, -0.2) is 0 Å². The van der Waals surface area contributed by atoms with Crippen molar-refractivity contribution in [3.63, 3.8) is 0 Å². The quantitative estimate of drug-likeness (QED) is 0.727. The number of ether oxygens (including phenoxy) is 1. The minimum absolute atomic E-state index is 0.485. The number of para-hydroxylation sites is 1. The number of hydrogen-bond donors (Lipinski definition) is 1. The van der Waals surface area contributed by atoms with E-state index in [1.54, 1.807) is 0 Å². The van der Waals surface area contributed by atoms with Gasteiger partial charge in [-0.05, 0) is 13.0 Å². The number of hydrogen-bond acceptors (Lipinski definition) is 2. The Morgan fingerprint density at radius 3 is 2.71 bits per heavy atom. The zero-order valence-electron chi connectivity index (χ0n) is 11.1. The first-order chi connectivity index (χ1) is 8.09. The monoisotopic (exact) mass is 233 g/mol. The smallest absolute Gasteiger partial charge is 0.123 e. The molecule has 0 saturated heterocycles. The van der Waals surface area contributed by atoms with Gasteiger partial charge >= 0.3 is 0 Å². The lowest BCUT2D eigenvalue weighted by atomic mass is 10.2. The van der Waals surface area contributed by atoms with Gasteiger partial charge in [0.25, 0.3) is 0 Å². The first kappa shape index (κ1) is 13.8. The highest BCUT2D eigenvalue weighted by atomic mass is 16.5. The van der Waals surface area contributed by atoms with Gasteiger partial charge in [-0.15, -0.1) is 6.58 Å². The molecule has 2 nitrogen and oxygen atoms in total. The summed E-state index contributed by atoms with van der Waals surface area (Å²) in [6, 6.07) is 8.66. The molecule has 0 bridgehead atoms. The average molecular weight is 233 g/mol. The molecule has 0 aliphatic carbocycles. The highest BCUT2D eigenvalue weighted by Gasteiger charge is 2.03. The van der Waals surface area contributed by atoms with Crippen LogP contribution < -0.4 is 10.1 Å². The summed E-state index contributed by atoms with van der Waals surface area (Å²) in [4.78, 5) is 0. The SMILES string of the molecule is C=C(C)CCOc1ccccc1CNC(C)C. The average Bonchev–Trinajstić information content (AvgIpc) is 2.27. The van der Waals surface area contributed by atoms with Crippen LogP contribution in [0.1, 0.15) is 32.8 Å². The lowest BCUT2D eigenvalue weighted by molar-refractivity contribution is 0.317. The van der Waals surface area contributed by atoms with E-state index in [-0.39, 0.29) is 0 Å². The van der Waals surface area contributed by atoms with Gasteiger partial charge in [-0.3, -0.25) is 0 Å². The maximum absolute atomic E-state index is 5.78. The van der Waals surface area contributed by atoms with Gasteiger partial charge < -0.3 is 10.1 Å². The Kier molecular flexibility index (Phi) is 5.78. The molecular weight excluding hydrogens is 210 g/mol. The molecule has 1 aromatic rings. The number of nitrogens with one attached hydrogen (secondary N) is 1. The molecule has 0 heterocycles. The van der Waals surface area contributed by atoms with Crippen LogP contribution in [0.15, 0.2) is 36.4 Å². The minimum atomic E-state index is 0.485. The summed E-state index contributed by atoms with van der Waals surface area (Å²) < 4.78 is 5.78. The largest absolute Gasteiger partial charge is 0.493 e. The Bertz CT molecular complexity index is 358. The van der Waals surface area contributed by atoms with Gasteiger partial charge in [0.1, 0.15) is 5.75 Å². The molecular formula is C15H23NO. The summed E-state index contributed by atoms with van der Waals surface area (Å²) in [6.45, 7) is 11.7. The molecule has 1 rings (SSSR count). The fourth-order valence-electron chi connectivity index (χ4n) is 1.44. The Morgan fingerprint density at radius 2 is 2.06 bits per heavy atom. The second-order valence-electron chi connectivity index (χ2n) is 4.70. The first-order valence-electron chi connectivity index (χ1n) is 6.18. The summed E-state index contributed by atoms with van der Waals surface area (Å²) in [6.07, 6.45) is 0.909. The minimum Gasteiger partial charge on any atom is -0.493 e. The molecule has 0 atom stereocenters. The molecule has 0 aliphatic rings. The van der Waals surface area contributed by atoms with Gasteiger partial charge in [0.05, 0.1) is 6.61 Å². The lowest BCUT2D eigenvalue weighted by Crippen LogP contribution is -2.22. The van der Waals surface area contributed by atoms with Crippen LogP contribution >= 0.6 is 0 Å². The maximum atomic E-state index is 5.78. The van der Waals surface area contributed by atoms with E-state index in [0.29, 0.717) is 12.6 Å². The van der Waals surface area contributed by atoms with Crippen LogP contribution in [0.2, 0.25) is 0 Å². The van der Waals surface area contributed by atoms with Crippen molar-refractivity contribution in [3.8, 4) is 5.75 Å². The molecule has 0 radical (unpaired) electrons. The van der Waals surface area contributed by atoms with Crippen LogP contribution in [-0.4, -0.2) is 12.6 Å². The molecule has 1 aromatic carbocycles. The highest BCUT2D eigenvalue weighted by molar-refractivity contribution is 5.33. The Morgan fingerprint density at radius 1 is 1.35 bits per heavy atom. The van der Waals surface area contributed by atoms with Crippen molar-refractivity contribution in [1.29, 1.82) is 0 Å². The molecule has 0 amide bonds. The third-order valence-electron chi connectivity index (χ3n) is 2.46. The van der Waals surface area contributed by atoms with Crippen LogP contribution in [0.3, 0.4) is 0 Å². The topological polar surface area (TPSA) is 21.3 Å². The van der Waals surface area contributed by atoms with Crippen molar-refractivity contribution in [2.24, 2.45) is 0 Å². The fourth-order valence-corrected chi connectivity index (χ4v) is 1.44. The Balaban J connectivity index is 2.54. The van der Waals surface area contributed by atoms with Gasteiger partial charge in [0.2, 0.25) is 0 Å². The zero-order chi connectivity index (χ0) is 12.7. The maximum Gasteiger partial charge on any atom is 0.123 e. The molecule has 94 valence electrons. The van der Waals surface area contributed by atoms with Gasteiger partial charge in [0.15, 0.2) is 0 Å². The van der Waals surface area contributed by atoms with E-state index >= 15 is 0 Å². The molecule has 0 fully saturated rings. The van der Waals surface area contributed by atoms with Crippen molar-refractivity contribution in [3.05, 3.63) is 42.0 Å². The molecule has 0 aromatic heterocycles. The lowest BCUT2D eigenvalue weighted by Gasteiger charge is -2.13. The third-order valence-corrected chi connectivity index (χ3v) is 2.46. The molecule has 0 saturated carbocycles. The molecule has 0 aliphatic heterocycles. The van der Waals surface area contributed by atoms with Gasteiger partial charge in [0, 0.05) is 24.6 Å². The molecule has 17 heavy (non-hydrogen) atoms. The fraction of sp³-hybridized carbons (Fsp3) is 0.467. The zero-order valence-corrected chi connectivity index (χ0v) is 11.1. The van der Waals surface area contributed by atoms with Crippen LogP contribution in [0, 0.1) is 0 Å². The van der Waals surface area contributed by atoms with Crippen LogP contribution in [0.25, 0.3) is 0 Å². The van der Waals surface area contributed by atoms with Crippen molar-refractivity contribution >= 4 is 0 Å². The van der Waals surface area contributed by atoms with E-state index in [2.05, 4.69) is 31.8 Å². The van der Waals surface area contributed by atoms with Crippen molar-refractivity contribution in [1.82, 2.24) is 5.32 Å². The van der Waals surface area contributed by atoms with Crippen molar-refractivity contribution < 1.29 is 4.74 Å². The number of rotatable bonds is 7. The van der Waals surface area contributed by atoms with E-state index in [9.17, 15) is 0 Å². The second-order valence-corrected chi connectivity index (χ2v) is 4.70. The van der Waals surface area contributed by atoms with Crippen molar-refractivity contribution in [2.75, 3.05) is 6.61 Å². The van der Waals surface area contributed by atoms with Crippen LogP contribution in [-0.2, 0) is 6.54 Å². The first-order valence-corrected chi connectivity index (χ1v) is 6.18. The molecule has 0 unspecified atom stereocenters. The summed E-state index contributed by atoms with van der Waals surface area (Å²) in [5.74, 6) is 0.974. The molecule has 1 N–H and O–H groups in total. The standard InChI is InChI=1S/C15H23NO/c1-12(2)9-10-17-15-8-6-5-7-14(15)11-16-13(3)4/h5-8,13,16H,1,9-11H2,2-4H3. The summed E-state index contributed by atoms with van der Waals surface area (Å²) in [7, 11) is 0. The van der Waals surface area contributed by atoms with Crippen LogP contribution in [0.5, 0.6) is 5.75 Å². The van der Waals surface area contributed by atoms with E-state index in [1.165, 1.54) is 5.56 Å². The predicted octanol–water partition coefficient (Wildman–Crippen LogP) is 3.53. The van der Waals surface area contributed by atoms with E-state index in [1.807, 2.05) is 25.1 Å². The van der Waals surface area contributed by atoms with E-state index in [0.717, 1.165) is 24.3 Å². The molecule has 2 heteroatoms. The summed E-state index contributed by atoms with van der Waals surface area (Å²) in [5.41, 5.74) is 2.37. The summed E-state index contributed by atoms with van der Waals surface area (Å²) >= 11 is 0. The van der Waals surface area contributed by atoms with Crippen LogP contribution in [0.4, 0.5) is 0 Å². The van der Waals surface area contributed by atoms with E-state index < -0.39 is 0 Å². The predicted molar refractivity (Wildman–Crippen MR) is 73.3 cm³/mol. The van der Waals surface area contributed by atoms with Gasteiger partial charge in [-0.1, -0.05) is 37.6 Å². The normalized spacial score (nSPS) is 10.6. The van der Waals surface area contributed by atoms with Gasteiger partial charge in [-0.2, -0.15) is 0 Å². The highest BCUT2D eigenvalue weighted by Crippen LogP contribution is 2.18. The second kappa shape index (κ2) is 7.13. The Hall–Kier alpha value is -1.28. The van der Waals surface area contributed by atoms with E-state index in [4.69, 9.17) is 4.74 Å². The third kappa shape index (κ3) is 5.55. The summed E-state index contributed by atoms with van der Waals surface area (Å²) in [5, 5.41) is 3.40. The Labute approximate surface area is 105 Å². The van der Waals surface area contributed by atoms with Crippen molar-refractivity contribution in [2.45, 2.75) is 39.8 Å².